The highest BCUT2D eigenvalue weighted by molar-refractivity contribution is 4.84. The molecule has 0 bridgehead atoms. The van der Waals surface area contributed by atoms with Gasteiger partial charge in [0.1, 0.15) is 0 Å². The summed E-state index contributed by atoms with van der Waals surface area (Å²) in [5.74, 6) is -0.218. The normalized spacial score (nSPS) is 36.3. The molecule has 1 atom stereocenters. The van der Waals surface area contributed by atoms with E-state index >= 15 is 0 Å². The number of nitrogens with one attached hydrogen (secondary N) is 1. The second kappa shape index (κ2) is 2.73. The zero-order chi connectivity index (χ0) is 7.73. The molecule has 0 aliphatic carbocycles. The number of rotatable bonds is 0. The summed E-state index contributed by atoms with van der Waals surface area (Å²) in [6.45, 7) is 4.73. The molecule has 2 saturated heterocycles. The molecule has 11 heavy (non-hydrogen) atoms. The topological polar surface area (TPSA) is 30.5 Å². The number of hydrogen-bond acceptors (Lipinski definition) is 3. The molecule has 0 aromatic rings. The maximum atomic E-state index is 5.59. The predicted octanol–water partition coefficient (Wildman–Crippen LogP) is 0.501. The first-order chi connectivity index (χ1) is 5.31. The van der Waals surface area contributed by atoms with Gasteiger partial charge in [-0.1, -0.05) is 0 Å². The average Bonchev–Trinajstić information content (AvgIpc) is 2.37. The van der Waals surface area contributed by atoms with Crippen molar-refractivity contribution in [1.82, 2.24) is 5.32 Å². The molecular weight excluding hydrogens is 142 g/mol. The standard InChI is InChI=1S/C8H15NO2/c1-7-6-8(2-3-9-7)10-4-5-11-8/h7,9H,2-6H2,1H3. The molecule has 0 aromatic heterocycles. The van der Waals surface area contributed by atoms with Crippen LogP contribution < -0.4 is 5.32 Å². The van der Waals surface area contributed by atoms with E-state index in [4.69, 9.17) is 9.47 Å². The van der Waals surface area contributed by atoms with Crippen molar-refractivity contribution < 1.29 is 9.47 Å². The third-order valence-electron chi connectivity index (χ3n) is 2.43. The van der Waals surface area contributed by atoms with Crippen molar-refractivity contribution in [3.63, 3.8) is 0 Å². The highest BCUT2D eigenvalue weighted by Crippen LogP contribution is 2.30. The minimum atomic E-state index is -0.218. The average molecular weight is 157 g/mol. The van der Waals surface area contributed by atoms with Crippen molar-refractivity contribution in [3.8, 4) is 0 Å². The Labute approximate surface area is 67.1 Å². The van der Waals surface area contributed by atoms with Crippen LogP contribution in [0.1, 0.15) is 19.8 Å². The van der Waals surface area contributed by atoms with Gasteiger partial charge in [-0.25, -0.2) is 0 Å². The zero-order valence-electron chi connectivity index (χ0n) is 6.93. The Balaban J connectivity index is 2.00. The molecule has 0 aromatic carbocycles. The highest BCUT2D eigenvalue weighted by Gasteiger charge is 2.39. The van der Waals surface area contributed by atoms with E-state index in [1.807, 2.05) is 0 Å². The van der Waals surface area contributed by atoms with Crippen LogP contribution in [0.4, 0.5) is 0 Å². The van der Waals surface area contributed by atoms with E-state index in [9.17, 15) is 0 Å². The predicted molar refractivity (Wildman–Crippen MR) is 41.3 cm³/mol. The van der Waals surface area contributed by atoms with Crippen LogP contribution in [0, 0.1) is 0 Å². The first kappa shape index (κ1) is 7.53. The van der Waals surface area contributed by atoms with E-state index in [0.717, 1.165) is 32.6 Å². The van der Waals surface area contributed by atoms with Gasteiger partial charge in [-0.2, -0.15) is 0 Å². The maximum absolute atomic E-state index is 5.59. The van der Waals surface area contributed by atoms with Crippen molar-refractivity contribution >= 4 is 0 Å². The molecular formula is C8H15NO2. The van der Waals surface area contributed by atoms with Gasteiger partial charge < -0.3 is 14.8 Å². The Morgan fingerprint density at radius 2 is 2.09 bits per heavy atom. The third-order valence-corrected chi connectivity index (χ3v) is 2.43. The van der Waals surface area contributed by atoms with Crippen molar-refractivity contribution in [1.29, 1.82) is 0 Å². The third kappa shape index (κ3) is 1.41. The molecule has 0 saturated carbocycles. The van der Waals surface area contributed by atoms with E-state index < -0.39 is 0 Å². The number of hydrogen-bond donors (Lipinski definition) is 1. The van der Waals surface area contributed by atoms with E-state index in [-0.39, 0.29) is 5.79 Å². The summed E-state index contributed by atoms with van der Waals surface area (Å²) in [4.78, 5) is 0. The van der Waals surface area contributed by atoms with E-state index in [1.54, 1.807) is 0 Å². The zero-order valence-corrected chi connectivity index (χ0v) is 6.93. The maximum Gasteiger partial charge on any atom is 0.171 e. The summed E-state index contributed by atoms with van der Waals surface area (Å²) in [5.41, 5.74) is 0. The molecule has 0 amide bonds. The molecule has 2 heterocycles. The van der Waals surface area contributed by atoms with Crippen molar-refractivity contribution in [2.75, 3.05) is 19.8 Å². The molecule has 1 N–H and O–H groups in total. The Morgan fingerprint density at radius 3 is 2.73 bits per heavy atom. The quantitative estimate of drug-likeness (QED) is 0.555. The lowest BCUT2D eigenvalue weighted by Crippen LogP contribution is -2.47. The minimum Gasteiger partial charge on any atom is -0.347 e. The second-order valence-electron chi connectivity index (χ2n) is 3.42. The number of ether oxygens (including phenoxy) is 2. The lowest BCUT2D eigenvalue weighted by Gasteiger charge is -2.35. The molecule has 1 spiro atoms. The summed E-state index contributed by atoms with van der Waals surface area (Å²) in [7, 11) is 0. The van der Waals surface area contributed by atoms with Gasteiger partial charge in [0.2, 0.25) is 0 Å². The lowest BCUT2D eigenvalue weighted by atomic mass is 9.99. The van der Waals surface area contributed by atoms with Crippen LogP contribution in [0.5, 0.6) is 0 Å². The molecule has 0 radical (unpaired) electrons. The summed E-state index contributed by atoms with van der Waals surface area (Å²) >= 11 is 0. The fourth-order valence-corrected chi connectivity index (χ4v) is 1.91. The molecule has 3 heteroatoms. The van der Waals surface area contributed by atoms with E-state index in [0.29, 0.717) is 6.04 Å². The van der Waals surface area contributed by atoms with Gasteiger partial charge in [0.05, 0.1) is 13.2 Å². The van der Waals surface area contributed by atoms with Gasteiger partial charge in [0.25, 0.3) is 0 Å². The van der Waals surface area contributed by atoms with Crippen molar-refractivity contribution in [2.45, 2.75) is 31.6 Å². The summed E-state index contributed by atoms with van der Waals surface area (Å²) in [6.07, 6.45) is 1.99. The molecule has 2 aliphatic heterocycles. The molecule has 2 aliphatic rings. The van der Waals surface area contributed by atoms with Crippen LogP contribution in [-0.4, -0.2) is 31.6 Å². The fraction of sp³-hybridized carbons (Fsp3) is 1.00. The molecule has 1 unspecified atom stereocenters. The van der Waals surface area contributed by atoms with Crippen LogP contribution in [0.2, 0.25) is 0 Å². The Bertz CT molecular complexity index is 143. The Hall–Kier alpha value is -0.120. The summed E-state index contributed by atoms with van der Waals surface area (Å²) < 4.78 is 11.2. The largest absolute Gasteiger partial charge is 0.347 e. The fourth-order valence-electron chi connectivity index (χ4n) is 1.91. The van der Waals surface area contributed by atoms with Crippen LogP contribution in [0.15, 0.2) is 0 Å². The SMILES string of the molecule is CC1CC2(CCN1)OCCO2. The minimum absolute atomic E-state index is 0.218. The Morgan fingerprint density at radius 1 is 1.36 bits per heavy atom. The second-order valence-corrected chi connectivity index (χ2v) is 3.42. The molecule has 2 fully saturated rings. The van der Waals surface area contributed by atoms with E-state index in [1.165, 1.54) is 0 Å². The van der Waals surface area contributed by atoms with Crippen molar-refractivity contribution in [3.05, 3.63) is 0 Å². The van der Waals surface area contributed by atoms with Crippen LogP contribution in [-0.2, 0) is 9.47 Å². The first-order valence-electron chi connectivity index (χ1n) is 4.32. The van der Waals surface area contributed by atoms with Crippen molar-refractivity contribution in [2.24, 2.45) is 0 Å². The monoisotopic (exact) mass is 157 g/mol. The van der Waals surface area contributed by atoms with Crippen LogP contribution in [0.3, 0.4) is 0 Å². The molecule has 3 nitrogen and oxygen atoms in total. The van der Waals surface area contributed by atoms with Gasteiger partial charge in [0, 0.05) is 25.4 Å². The lowest BCUT2D eigenvalue weighted by molar-refractivity contribution is -0.178. The van der Waals surface area contributed by atoms with E-state index in [2.05, 4.69) is 12.2 Å². The summed E-state index contributed by atoms with van der Waals surface area (Å²) in [5, 5.41) is 3.37. The molecule has 64 valence electrons. The molecule has 2 rings (SSSR count). The van der Waals surface area contributed by atoms with Gasteiger partial charge in [0.15, 0.2) is 5.79 Å². The summed E-state index contributed by atoms with van der Waals surface area (Å²) in [6, 6.07) is 0.529. The van der Waals surface area contributed by atoms with Crippen LogP contribution in [0.25, 0.3) is 0 Å². The highest BCUT2D eigenvalue weighted by atomic mass is 16.7. The van der Waals surface area contributed by atoms with Gasteiger partial charge >= 0.3 is 0 Å². The van der Waals surface area contributed by atoms with Gasteiger partial charge in [-0.15, -0.1) is 0 Å². The smallest absolute Gasteiger partial charge is 0.171 e. The number of piperidine rings is 1. The van der Waals surface area contributed by atoms with Crippen LogP contribution >= 0.6 is 0 Å². The van der Waals surface area contributed by atoms with Gasteiger partial charge in [-0.3, -0.25) is 0 Å². The van der Waals surface area contributed by atoms with Gasteiger partial charge in [-0.05, 0) is 6.92 Å². The Kier molecular flexibility index (Phi) is 1.87. The first-order valence-corrected chi connectivity index (χ1v) is 4.32.